The number of anilines is 2. The Kier molecular flexibility index (Phi) is 6.12. The lowest BCUT2D eigenvalue weighted by molar-refractivity contribution is 0.0615. The summed E-state index contributed by atoms with van der Waals surface area (Å²) in [5.74, 6) is 6.16. The molecule has 0 spiro atoms. The molecule has 0 bridgehead atoms. The first-order chi connectivity index (χ1) is 8.17. The third-order valence-corrected chi connectivity index (χ3v) is 2.58. The van der Waals surface area contributed by atoms with Crippen molar-refractivity contribution in [3.05, 3.63) is 10.7 Å². The molecule has 0 aromatic carbocycles. The number of hydrazine groups is 1. The molecule has 1 aromatic heterocycles. The number of aromatic nitrogens is 2. The highest BCUT2D eigenvalue weighted by Crippen LogP contribution is 2.19. The minimum atomic E-state index is -0.486. The predicted molar refractivity (Wildman–Crippen MR) is 68.5 cm³/mol. The highest BCUT2D eigenvalue weighted by molar-refractivity contribution is 9.10. The molecule has 0 saturated heterocycles. The van der Waals surface area contributed by atoms with E-state index in [1.54, 1.807) is 13.3 Å². The first-order valence-electron chi connectivity index (χ1n) is 5.07. The highest BCUT2D eigenvalue weighted by Gasteiger charge is 2.06. The smallest absolute Gasteiger partial charge is 0.239 e. The zero-order chi connectivity index (χ0) is 12.7. The van der Waals surface area contributed by atoms with Gasteiger partial charge >= 0.3 is 0 Å². The van der Waals surface area contributed by atoms with Gasteiger partial charge in [0.05, 0.1) is 17.2 Å². The topological polar surface area (TPSA) is 105 Å². The Balaban J connectivity index is 2.45. The number of nitrogens with zero attached hydrogens (tertiary/aromatic N) is 2. The Hall–Kier alpha value is -0.960. The summed E-state index contributed by atoms with van der Waals surface area (Å²) in [6.45, 7) is 0.895. The molecule has 17 heavy (non-hydrogen) atoms. The number of hydrogen-bond donors (Lipinski definition) is 4. The Morgan fingerprint density at radius 2 is 2.41 bits per heavy atom. The molecule has 5 N–H and O–H groups in total. The van der Waals surface area contributed by atoms with Crippen LogP contribution < -0.4 is 16.6 Å². The maximum atomic E-state index is 9.46. The predicted octanol–water partition coefficient (Wildman–Crippen LogP) is 0.334. The monoisotopic (exact) mass is 305 g/mol. The fraction of sp³-hybridized carbons (Fsp3) is 0.556. The van der Waals surface area contributed by atoms with Gasteiger partial charge in [0.15, 0.2) is 0 Å². The summed E-state index contributed by atoms with van der Waals surface area (Å²) in [5.41, 5.74) is 2.36. The second kappa shape index (κ2) is 7.38. The molecule has 1 rings (SSSR count). The van der Waals surface area contributed by atoms with Gasteiger partial charge in [-0.1, -0.05) is 0 Å². The van der Waals surface area contributed by atoms with Crippen LogP contribution in [0.15, 0.2) is 10.7 Å². The van der Waals surface area contributed by atoms with Crippen molar-refractivity contribution in [3.8, 4) is 0 Å². The molecule has 0 fully saturated rings. The van der Waals surface area contributed by atoms with Gasteiger partial charge in [-0.2, -0.15) is 4.98 Å². The fourth-order valence-corrected chi connectivity index (χ4v) is 1.52. The summed E-state index contributed by atoms with van der Waals surface area (Å²) in [4.78, 5) is 8.04. The van der Waals surface area contributed by atoms with Gasteiger partial charge in [-0.25, -0.2) is 10.8 Å². The molecule has 1 atom stereocenters. The second-order valence-electron chi connectivity index (χ2n) is 3.36. The van der Waals surface area contributed by atoms with Gasteiger partial charge in [0.2, 0.25) is 5.95 Å². The average Bonchev–Trinajstić information content (AvgIpc) is 2.32. The van der Waals surface area contributed by atoms with Crippen LogP contribution in [0.25, 0.3) is 0 Å². The van der Waals surface area contributed by atoms with E-state index in [0.29, 0.717) is 31.3 Å². The highest BCUT2D eigenvalue weighted by atomic mass is 79.9. The second-order valence-corrected chi connectivity index (χ2v) is 4.21. The van der Waals surface area contributed by atoms with Crippen molar-refractivity contribution in [2.24, 2.45) is 5.84 Å². The quantitative estimate of drug-likeness (QED) is 0.425. The first kappa shape index (κ1) is 14.1. The van der Waals surface area contributed by atoms with Crippen molar-refractivity contribution in [2.75, 3.05) is 31.0 Å². The van der Waals surface area contributed by atoms with Gasteiger partial charge in [0.1, 0.15) is 5.82 Å². The van der Waals surface area contributed by atoms with Crippen LogP contribution >= 0.6 is 15.9 Å². The van der Waals surface area contributed by atoms with Crippen LogP contribution in [0.3, 0.4) is 0 Å². The van der Waals surface area contributed by atoms with Crippen LogP contribution in [0, 0.1) is 0 Å². The molecule has 0 saturated carbocycles. The van der Waals surface area contributed by atoms with Crippen LogP contribution in [0.2, 0.25) is 0 Å². The Bertz CT molecular complexity index is 352. The van der Waals surface area contributed by atoms with E-state index in [1.807, 2.05) is 0 Å². The number of halogens is 1. The van der Waals surface area contributed by atoms with E-state index in [0.717, 1.165) is 4.47 Å². The summed E-state index contributed by atoms with van der Waals surface area (Å²) < 4.78 is 5.56. The number of aliphatic hydroxyl groups is 1. The Labute approximate surface area is 108 Å². The Morgan fingerprint density at radius 3 is 3.06 bits per heavy atom. The minimum absolute atomic E-state index is 0.322. The summed E-state index contributed by atoms with van der Waals surface area (Å²) in [5, 5.41) is 12.5. The first-order valence-corrected chi connectivity index (χ1v) is 5.86. The average molecular weight is 306 g/mol. The zero-order valence-electron chi connectivity index (χ0n) is 9.48. The van der Waals surface area contributed by atoms with Crippen LogP contribution in [0.1, 0.15) is 6.42 Å². The van der Waals surface area contributed by atoms with E-state index in [2.05, 4.69) is 36.6 Å². The van der Waals surface area contributed by atoms with Crippen molar-refractivity contribution in [2.45, 2.75) is 12.5 Å². The third kappa shape index (κ3) is 4.82. The van der Waals surface area contributed by atoms with Gasteiger partial charge in [0, 0.05) is 19.9 Å². The van der Waals surface area contributed by atoms with Gasteiger partial charge < -0.3 is 15.2 Å². The van der Waals surface area contributed by atoms with E-state index in [-0.39, 0.29) is 0 Å². The molecular weight excluding hydrogens is 290 g/mol. The van der Waals surface area contributed by atoms with Gasteiger partial charge in [-0.3, -0.25) is 5.43 Å². The number of nitrogen functional groups attached to an aromatic ring is 1. The van der Waals surface area contributed by atoms with E-state index in [1.165, 1.54) is 0 Å². The minimum Gasteiger partial charge on any atom is -0.391 e. The molecule has 0 aliphatic carbocycles. The molecule has 0 aliphatic heterocycles. The van der Waals surface area contributed by atoms with E-state index < -0.39 is 6.10 Å². The number of aliphatic hydroxyl groups excluding tert-OH is 1. The Morgan fingerprint density at radius 1 is 1.65 bits per heavy atom. The SMILES string of the molecule is COCC(O)CCNc1nc(NN)ncc1Br. The summed E-state index contributed by atoms with van der Waals surface area (Å²) in [7, 11) is 1.55. The van der Waals surface area contributed by atoms with Crippen molar-refractivity contribution in [3.63, 3.8) is 0 Å². The molecule has 0 aliphatic rings. The van der Waals surface area contributed by atoms with Gasteiger partial charge in [0.25, 0.3) is 0 Å². The normalized spacial score (nSPS) is 12.2. The van der Waals surface area contributed by atoms with Gasteiger partial charge in [-0.05, 0) is 22.4 Å². The number of rotatable bonds is 7. The standard InChI is InChI=1S/C9H16BrN5O2/c1-17-5-6(16)2-3-12-8-7(10)4-13-9(14-8)15-11/h4,6,16H,2-3,5,11H2,1H3,(H2,12,13,14,15). The van der Waals surface area contributed by atoms with Crippen LogP contribution in [0.4, 0.5) is 11.8 Å². The zero-order valence-corrected chi connectivity index (χ0v) is 11.1. The molecule has 8 heteroatoms. The van der Waals surface area contributed by atoms with Crippen molar-refractivity contribution >= 4 is 27.7 Å². The molecule has 0 radical (unpaired) electrons. The van der Waals surface area contributed by atoms with Crippen LogP contribution in [-0.2, 0) is 4.74 Å². The molecule has 7 nitrogen and oxygen atoms in total. The number of hydrogen-bond acceptors (Lipinski definition) is 7. The fourth-order valence-electron chi connectivity index (χ4n) is 1.19. The van der Waals surface area contributed by atoms with Crippen LogP contribution in [-0.4, -0.2) is 41.4 Å². The van der Waals surface area contributed by atoms with Gasteiger partial charge in [-0.15, -0.1) is 0 Å². The molecular formula is C9H16BrN5O2. The largest absolute Gasteiger partial charge is 0.391 e. The van der Waals surface area contributed by atoms with E-state index in [9.17, 15) is 5.11 Å². The molecule has 1 unspecified atom stereocenters. The summed E-state index contributed by atoms with van der Waals surface area (Å²) in [6.07, 6.45) is 1.67. The van der Waals surface area contributed by atoms with Crippen molar-refractivity contribution in [1.29, 1.82) is 0 Å². The lowest BCUT2D eigenvalue weighted by atomic mass is 10.2. The molecule has 1 aromatic rings. The lowest BCUT2D eigenvalue weighted by Crippen LogP contribution is -2.19. The maximum Gasteiger partial charge on any atom is 0.239 e. The number of methoxy groups -OCH3 is 1. The molecule has 1 heterocycles. The molecule has 0 amide bonds. The number of ether oxygens (including phenoxy) is 1. The van der Waals surface area contributed by atoms with Crippen molar-refractivity contribution in [1.82, 2.24) is 9.97 Å². The van der Waals surface area contributed by atoms with E-state index in [4.69, 9.17) is 10.6 Å². The summed E-state index contributed by atoms with van der Waals surface area (Å²) in [6, 6.07) is 0. The maximum absolute atomic E-state index is 9.46. The van der Waals surface area contributed by atoms with Crippen molar-refractivity contribution < 1.29 is 9.84 Å². The number of nitrogens with two attached hydrogens (primary N) is 1. The summed E-state index contributed by atoms with van der Waals surface area (Å²) >= 11 is 3.31. The van der Waals surface area contributed by atoms with Crippen LogP contribution in [0.5, 0.6) is 0 Å². The number of nitrogens with one attached hydrogen (secondary N) is 2. The third-order valence-electron chi connectivity index (χ3n) is 2.00. The molecule has 96 valence electrons. The lowest BCUT2D eigenvalue weighted by Gasteiger charge is -2.11. The van der Waals surface area contributed by atoms with E-state index >= 15 is 0 Å².